The third-order valence-electron chi connectivity index (χ3n) is 4.76. The maximum absolute atomic E-state index is 11.1. The molecule has 0 atom stereocenters. The van der Waals surface area contributed by atoms with Crippen molar-refractivity contribution in [3.8, 4) is 5.75 Å². The predicted molar refractivity (Wildman–Crippen MR) is 117 cm³/mol. The number of nitrogens with two attached hydrogens (primary N) is 2. The van der Waals surface area contributed by atoms with Gasteiger partial charge in [-0.3, -0.25) is 4.79 Å². The zero-order valence-corrected chi connectivity index (χ0v) is 17.4. The Morgan fingerprint density at radius 2 is 1.68 bits per heavy atom. The minimum atomic E-state index is -0.227. The van der Waals surface area contributed by atoms with Gasteiger partial charge in [-0.05, 0) is 42.5 Å². The monoisotopic (exact) mass is 385 g/mol. The van der Waals surface area contributed by atoms with Crippen molar-refractivity contribution in [2.45, 2.75) is 46.6 Å². The van der Waals surface area contributed by atoms with Crippen LogP contribution < -0.4 is 16.4 Å². The van der Waals surface area contributed by atoms with Gasteiger partial charge in [0, 0.05) is 25.6 Å². The molecule has 3 rings (SSSR count). The van der Waals surface area contributed by atoms with Gasteiger partial charge in [-0.25, -0.2) is 0 Å². The van der Waals surface area contributed by atoms with Gasteiger partial charge < -0.3 is 21.5 Å². The molecule has 0 aromatic heterocycles. The van der Waals surface area contributed by atoms with Crippen LogP contribution in [0, 0.1) is 5.92 Å². The number of phenolic OH excluding ortho intramolecular Hbond substituents is 1. The molecule has 1 amide bonds. The van der Waals surface area contributed by atoms with E-state index in [9.17, 15) is 9.90 Å². The number of aryl methyl sites for hydroxylation is 1. The van der Waals surface area contributed by atoms with Gasteiger partial charge in [0.2, 0.25) is 5.91 Å². The highest BCUT2D eigenvalue weighted by atomic mass is 16.3. The molecule has 5 heteroatoms. The number of aromatic hydroxyl groups is 1. The molecule has 1 fully saturated rings. The molecule has 154 valence electrons. The van der Waals surface area contributed by atoms with E-state index in [-0.39, 0.29) is 17.6 Å². The van der Waals surface area contributed by atoms with Crippen LogP contribution in [0.25, 0.3) is 0 Å². The summed E-state index contributed by atoms with van der Waals surface area (Å²) in [7, 11) is 0. The van der Waals surface area contributed by atoms with Crippen molar-refractivity contribution in [2.24, 2.45) is 17.4 Å². The zero-order valence-electron chi connectivity index (χ0n) is 17.4. The van der Waals surface area contributed by atoms with E-state index >= 15 is 0 Å². The zero-order chi connectivity index (χ0) is 20.9. The van der Waals surface area contributed by atoms with E-state index < -0.39 is 0 Å². The molecule has 1 aliphatic heterocycles. The lowest BCUT2D eigenvalue weighted by Gasteiger charge is -2.32. The number of hydrogen-bond donors (Lipinski definition) is 3. The van der Waals surface area contributed by atoms with Gasteiger partial charge in [-0.2, -0.15) is 0 Å². The van der Waals surface area contributed by atoms with Crippen LogP contribution in [-0.2, 0) is 17.8 Å². The molecule has 2 aromatic carbocycles. The van der Waals surface area contributed by atoms with Crippen LogP contribution in [0.4, 0.5) is 5.69 Å². The van der Waals surface area contributed by atoms with Gasteiger partial charge in [0.05, 0.1) is 5.69 Å². The van der Waals surface area contributed by atoms with E-state index in [1.807, 2.05) is 32.0 Å². The molecule has 0 bridgehead atoms. The summed E-state index contributed by atoms with van der Waals surface area (Å²) in [6.07, 6.45) is 2.62. The van der Waals surface area contributed by atoms with Crippen LogP contribution in [0.15, 0.2) is 48.5 Å². The first-order chi connectivity index (χ1) is 13.5. The lowest BCUT2D eigenvalue weighted by atomic mass is 9.95. The normalized spacial score (nSPS) is 13.6. The Labute approximate surface area is 169 Å². The Morgan fingerprint density at radius 1 is 1.07 bits per heavy atom. The molecule has 5 nitrogen and oxygen atoms in total. The third kappa shape index (κ3) is 7.24. The largest absolute Gasteiger partial charge is 0.506 e. The number of carbonyl (C=O) groups is 1. The van der Waals surface area contributed by atoms with E-state index in [1.54, 1.807) is 6.07 Å². The van der Waals surface area contributed by atoms with Gasteiger partial charge in [0.15, 0.2) is 0 Å². The lowest BCUT2D eigenvalue weighted by molar-refractivity contribution is -0.122. The Balaban J connectivity index is 0.000000327. The van der Waals surface area contributed by atoms with E-state index in [2.05, 4.69) is 36.1 Å². The van der Waals surface area contributed by atoms with Crippen molar-refractivity contribution in [3.05, 3.63) is 59.7 Å². The summed E-state index contributed by atoms with van der Waals surface area (Å²) in [5.41, 5.74) is 14.1. The average molecular weight is 386 g/mol. The molecule has 0 saturated carbocycles. The Hall–Kier alpha value is -2.53. The number of phenols is 1. The summed E-state index contributed by atoms with van der Waals surface area (Å²) in [5.74, 6) is -0.0135. The highest BCUT2D eigenvalue weighted by Crippen LogP contribution is 2.31. The van der Waals surface area contributed by atoms with Crippen LogP contribution in [-0.4, -0.2) is 24.1 Å². The van der Waals surface area contributed by atoms with Gasteiger partial charge in [0.25, 0.3) is 0 Å². The number of carbonyl (C=O) groups excluding carboxylic acids is 1. The second-order valence-electron chi connectivity index (χ2n) is 6.53. The maximum atomic E-state index is 11.1. The van der Waals surface area contributed by atoms with Crippen LogP contribution in [0.2, 0.25) is 0 Å². The Morgan fingerprint density at radius 3 is 2.14 bits per heavy atom. The number of primary amides is 1. The fourth-order valence-corrected chi connectivity index (χ4v) is 3.07. The summed E-state index contributed by atoms with van der Waals surface area (Å²) in [6, 6.07) is 15.8. The summed E-state index contributed by atoms with van der Waals surface area (Å²) in [5, 5.41) is 9.88. The molecular weight excluding hydrogens is 350 g/mol. The average Bonchev–Trinajstić information content (AvgIpc) is 2.76. The van der Waals surface area contributed by atoms with Crippen LogP contribution in [0.1, 0.15) is 44.7 Å². The number of benzene rings is 2. The number of nitrogens with zero attached hydrogens (tertiary/aromatic N) is 1. The van der Waals surface area contributed by atoms with Gasteiger partial charge in [-0.15, -0.1) is 0 Å². The molecule has 1 aliphatic rings. The van der Waals surface area contributed by atoms with Crippen molar-refractivity contribution in [2.75, 3.05) is 18.0 Å². The quantitative estimate of drug-likeness (QED) is 0.746. The molecule has 0 radical (unpaired) electrons. The summed E-state index contributed by atoms with van der Waals surface area (Å²) in [4.78, 5) is 13.2. The van der Waals surface area contributed by atoms with E-state index in [4.69, 9.17) is 11.5 Å². The lowest BCUT2D eigenvalue weighted by Crippen LogP contribution is -2.38. The minimum absolute atomic E-state index is 0.0407. The molecule has 0 aliphatic carbocycles. The number of hydrogen-bond acceptors (Lipinski definition) is 4. The number of amides is 1. The van der Waals surface area contributed by atoms with Crippen molar-refractivity contribution < 1.29 is 9.90 Å². The van der Waals surface area contributed by atoms with E-state index in [1.165, 1.54) is 5.56 Å². The summed E-state index contributed by atoms with van der Waals surface area (Å²) < 4.78 is 0. The standard InChI is InChI=1S/C13H19N3O2.C8H10.C2H6/c14-8-9-1-2-12(17)11(7-9)16-5-3-10(4-6-16)13(15)18;1-2-8-6-4-3-5-7-8;1-2/h1-2,7,10,17H,3-6,8,14H2,(H2,15,18);3-7H,2H2,1H3;1-2H3. The van der Waals surface area contributed by atoms with E-state index in [0.29, 0.717) is 6.54 Å². The van der Waals surface area contributed by atoms with Crippen molar-refractivity contribution in [1.29, 1.82) is 0 Å². The molecule has 0 unspecified atom stereocenters. The van der Waals surface area contributed by atoms with Crippen LogP contribution in [0.5, 0.6) is 5.75 Å². The summed E-state index contributed by atoms with van der Waals surface area (Å²) >= 11 is 0. The van der Waals surface area contributed by atoms with Crippen LogP contribution >= 0.6 is 0 Å². The summed E-state index contributed by atoms with van der Waals surface area (Å²) in [6.45, 7) is 8.07. The van der Waals surface area contributed by atoms with Crippen molar-refractivity contribution in [3.63, 3.8) is 0 Å². The number of piperidine rings is 1. The SMILES string of the molecule is CC.CCc1ccccc1.NCc1ccc(O)c(N2CCC(C(N)=O)CC2)c1. The molecule has 5 N–H and O–H groups in total. The highest BCUT2D eigenvalue weighted by molar-refractivity contribution is 5.77. The van der Waals surface area contributed by atoms with Gasteiger partial charge in [-0.1, -0.05) is 57.2 Å². The molecule has 28 heavy (non-hydrogen) atoms. The third-order valence-corrected chi connectivity index (χ3v) is 4.76. The minimum Gasteiger partial charge on any atom is -0.506 e. The topological polar surface area (TPSA) is 92.6 Å². The fourth-order valence-electron chi connectivity index (χ4n) is 3.07. The highest BCUT2D eigenvalue weighted by Gasteiger charge is 2.24. The van der Waals surface area contributed by atoms with Crippen molar-refractivity contribution >= 4 is 11.6 Å². The van der Waals surface area contributed by atoms with Gasteiger partial charge in [0.1, 0.15) is 5.75 Å². The molecule has 2 aromatic rings. The first kappa shape index (κ1) is 23.5. The van der Waals surface area contributed by atoms with Gasteiger partial charge >= 0.3 is 0 Å². The molecule has 1 heterocycles. The smallest absolute Gasteiger partial charge is 0.220 e. The molecular formula is C23H35N3O2. The Kier molecular flexibility index (Phi) is 10.7. The molecule has 0 spiro atoms. The molecule has 1 saturated heterocycles. The number of anilines is 1. The van der Waals surface area contributed by atoms with Crippen molar-refractivity contribution in [1.82, 2.24) is 0 Å². The maximum Gasteiger partial charge on any atom is 0.220 e. The number of rotatable bonds is 4. The Bertz CT molecular complexity index is 696. The second kappa shape index (κ2) is 12.8. The van der Waals surface area contributed by atoms with E-state index in [0.717, 1.165) is 43.6 Å². The van der Waals surface area contributed by atoms with Crippen LogP contribution in [0.3, 0.4) is 0 Å². The predicted octanol–water partition coefficient (Wildman–Crippen LogP) is 3.83. The first-order valence-corrected chi connectivity index (χ1v) is 10.1. The second-order valence-corrected chi connectivity index (χ2v) is 6.53. The first-order valence-electron chi connectivity index (χ1n) is 10.1. The fraction of sp³-hybridized carbons (Fsp3) is 0.435.